The number of hydrogen-bond acceptors (Lipinski definition) is 3. The Hall–Kier alpha value is -0.900. The molecule has 1 aromatic carbocycles. The lowest BCUT2D eigenvalue weighted by molar-refractivity contribution is 0.101. The predicted molar refractivity (Wildman–Crippen MR) is 90.9 cm³/mol. The van der Waals surface area contributed by atoms with E-state index in [2.05, 4.69) is 67.3 Å². The maximum absolute atomic E-state index is 3.70. The lowest BCUT2D eigenvalue weighted by Gasteiger charge is -2.39. The van der Waals surface area contributed by atoms with Crippen molar-refractivity contribution < 1.29 is 0 Å². The highest BCUT2D eigenvalue weighted by atomic mass is 15.3. The third kappa shape index (κ3) is 4.80. The maximum atomic E-state index is 3.70. The first-order valence-corrected chi connectivity index (χ1v) is 8.26. The highest BCUT2D eigenvalue weighted by Crippen LogP contribution is 2.16. The highest BCUT2D eigenvalue weighted by molar-refractivity contribution is 5.26. The van der Waals surface area contributed by atoms with Crippen LogP contribution in [0.1, 0.15) is 24.5 Å². The van der Waals surface area contributed by atoms with Gasteiger partial charge in [0.1, 0.15) is 0 Å². The average Bonchev–Trinajstić information content (AvgIpc) is 2.45. The Morgan fingerprint density at radius 3 is 2.71 bits per heavy atom. The van der Waals surface area contributed by atoms with E-state index in [4.69, 9.17) is 0 Å². The van der Waals surface area contributed by atoms with Gasteiger partial charge < -0.3 is 15.1 Å². The molecule has 2 unspecified atom stereocenters. The summed E-state index contributed by atoms with van der Waals surface area (Å²) in [5.74, 6) is 0. The van der Waals surface area contributed by atoms with E-state index in [0.717, 1.165) is 13.0 Å². The Kier molecular flexibility index (Phi) is 6.22. The van der Waals surface area contributed by atoms with E-state index < -0.39 is 0 Å². The van der Waals surface area contributed by atoms with Gasteiger partial charge in [0.15, 0.2) is 0 Å². The first-order valence-electron chi connectivity index (χ1n) is 8.26. The third-order valence-corrected chi connectivity index (χ3v) is 4.76. The van der Waals surface area contributed by atoms with Crippen LogP contribution in [-0.2, 0) is 6.42 Å². The molecule has 1 fully saturated rings. The molecule has 0 saturated carbocycles. The Bertz CT molecular complexity index is 432. The summed E-state index contributed by atoms with van der Waals surface area (Å²) in [6.07, 6.45) is 2.36. The van der Waals surface area contributed by atoms with Crippen molar-refractivity contribution in [1.29, 1.82) is 0 Å². The van der Waals surface area contributed by atoms with E-state index in [-0.39, 0.29) is 0 Å². The number of hydrogen-bond donors (Lipinski definition) is 1. The SMILES string of the molecule is CCNC(Cc1ccccc1C)CC1CN(C)CCN1C. The normalized spacial score (nSPS) is 22.4. The number of rotatable bonds is 6. The highest BCUT2D eigenvalue weighted by Gasteiger charge is 2.25. The van der Waals surface area contributed by atoms with Crippen LogP contribution in [0.2, 0.25) is 0 Å². The minimum absolute atomic E-state index is 0.565. The zero-order valence-corrected chi connectivity index (χ0v) is 14.1. The summed E-state index contributed by atoms with van der Waals surface area (Å²) >= 11 is 0. The fourth-order valence-corrected chi connectivity index (χ4v) is 3.32. The van der Waals surface area contributed by atoms with E-state index in [1.165, 1.54) is 37.2 Å². The number of likely N-dealkylation sites (N-methyl/N-ethyl adjacent to an activating group) is 3. The molecule has 1 aliphatic heterocycles. The van der Waals surface area contributed by atoms with Crippen LogP contribution >= 0.6 is 0 Å². The number of piperazine rings is 1. The second-order valence-electron chi connectivity index (χ2n) is 6.52. The van der Waals surface area contributed by atoms with Gasteiger partial charge in [0.05, 0.1) is 0 Å². The van der Waals surface area contributed by atoms with E-state index in [1.807, 2.05) is 0 Å². The van der Waals surface area contributed by atoms with Crippen molar-refractivity contribution in [2.45, 2.75) is 38.8 Å². The molecule has 0 aromatic heterocycles. The Morgan fingerprint density at radius 2 is 2.00 bits per heavy atom. The van der Waals surface area contributed by atoms with E-state index in [1.54, 1.807) is 0 Å². The van der Waals surface area contributed by atoms with Gasteiger partial charge in [-0.2, -0.15) is 0 Å². The van der Waals surface area contributed by atoms with Gasteiger partial charge in [-0.05, 0) is 51.5 Å². The molecular formula is C18H31N3. The van der Waals surface area contributed by atoms with Crippen LogP contribution in [0.25, 0.3) is 0 Å². The van der Waals surface area contributed by atoms with Crippen molar-refractivity contribution >= 4 is 0 Å². The number of aryl methyl sites for hydroxylation is 1. The second-order valence-corrected chi connectivity index (χ2v) is 6.52. The molecule has 1 aliphatic rings. The molecular weight excluding hydrogens is 258 g/mol. The maximum Gasteiger partial charge on any atom is 0.0235 e. The van der Waals surface area contributed by atoms with Crippen LogP contribution in [0.15, 0.2) is 24.3 Å². The van der Waals surface area contributed by atoms with E-state index >= 15 is 0 Å². The first-order chi connectivity index (χ1) is 10.1. The van der Waals surface area contributed by atoms with E-state index in [0.29, 0.717) is 12.1 Å². The van der Waals surface area contributed by atoms with Crippen molar-refractivity contribution in [3.8, 4) is 0 Å². The summed E-state index contributed by atoms with van der Waals surface area (Å²) in [4.78, 5) is 4.99. The van der Waals surface area contributed by atoms with Crippen LogP contribution in [0.4, 0.5) is 0 Å². The Balaban J connectivity index is 2.00. The van der Waals surface area contributed by atoms with Gasteiger partial charge in [0, 0.05) is 31.7 Å². The number of nitrogens with one attached hydrogen (secondary N) is 1. The van der Waals surface area contributed by atoms with Crippen LogP contribution in [0.3, 0.4) is 0 Å². The molecule has 1 saturated heterocycles. The molecule has 1 heterocycles. The molecule has 0 radical (unpaired) electrons. The van der Waals surface area contributed by atoms with Gasteiger partial charge in [0.25, 0.3) is 0 Å². The summed E-state index contributed by atoms with van der Waals surface area (Å²) in [6.45, 7) is 9.04. The van der Waals surface area contributed by atoms with Crippen LogP contribution in [-0.4, -0.2) is 62.2 Å². The number of nitrogens with zero attached hydrogens (tertiary/aromatic N) is 2. The van der Waals surface area contributed by atoms with Crippen LogP contribution in [0.5, 0.6) is 0 Å². The minimum atomic E-state index is 0.565. The quantitative estimate of drug-likeness (QED) is 0.866. The van der Waals surface area contributed by atoms with E-state index in [9.17, 15) is 0 Å². The smallest absolute Gasteiger partial charge is 0.0235 e. The molecule has 0 spiro atoms. The van der Waals surface area contributed by atoms with Gasteiger partial charge in [-0.3, -0.25) is 0 Å². The fourth-order valence-electron chi connectivity index (χ4n) is 3.32. The van der Waals surface area contributed by atoms with Crippen molar-refractivity contribution in [2.75, 3.05) is 40.3 Å². The molecule has 3 heteroatoms. The fraction of sp³-hybridized carbons (Fsp3) is 0.667. The molecule has 1 aromatic rings. The van der Waals surface area contributed by atoms with Crippen molar-refractivity contribution in [3.05, 3.63) is 35.4 Å². The zero-order valence-electron chi connectivity index (χ0n) is 14.1. The molecule has 118 valence electrons. The third-order valence-electron chi connectivity index (χ3n) is 4.76. The Morgan fingerprint density at radius 1 is 1.24 bits per heavy atom. The van der Waals surface area contributed by atoms with Gasteiger partial charge in [0.2, 0.25) is 0 Å². The van der Waals surface area contributed by atoms with Crippen LogP contribution in [0, 0.1) is 6.92 Å². The molecule has 21 heavy (non-hydrogen) atoms. The van der Waals surface area contributed by atoms with Gasteiger partial charge in [-0.25, -0.2) is 0 Å². The Labute approximate surface area is 130 Å². The number of benzene rings is 1. The summed E-state index contributed by atoms with van der Waals surface area (Å²) in [7, 11) is 4.51. The second kappa shape index (κ2) is 7.92. The molecule has 0 amide bonds. The van der Waals surface area contributed by atoms with Gasteiger partial charge in [-0.1, -0.05) is 31.2 Å². The van der Waals surface area contributed by atoms with Gasteiger partial charge >= 0.3 is 0 Å². The monoisotopic (exact) mass is 289 g/mol. The molecule has 3 nitrogen and oxygen atoms in total. The lowest BCUT2D eigenvalue weighted by atomic mass is 9.95. The van der Waals surface area contributed by atoms with Crippen molar-refractivity contribution in [3.63, 3.8) is 0 Å². The molecule has 2 rings (SSSR count). The molecule has 0 bridgehead atoms. The lowest BCUT2D eigenvalue weighted by Crippen LogP contribution is -2.52. The standard InChI is InChI=1S/C18H31N3/c1-5-19-17(12-16-9-7-6-8-15(16)2)13-18-14-20(3)10-11-21(18)4/h6-9,17-19H,5,10-14H2,1-4H3. The molecule has 1 N–H and O–H groups in total. The van der Waals surface area contributed by atoms with Crippen molar-refractivity contribution in [1.82, 2.24) is 15.1 Å². The van der Waals surface area contributed by atoms with Crippen molar-refractivity contribution in [2.24, 2.45) is 0 Å². The topological polar surface area (TPSA) is 18.5 Å². The largest absolute Gasteiger partial charge is 0.314 e. The molecule has 2 atom stereocenters. The summed E-state index contributed by atoms with van der Waals surface area (Å²) < 4.78 is 0. The summed E-state index contributed by atoms with van der Waals surface area (Å²) in [5, 5.41) is 3.70. The summed E-state index contributed by atoms with van der Waals surface area (Å²) in [6, 6.07) is 10.0. The predicted octanol–water partition coefficient (Wildman–Crippen LogP) is 2.15. The average molecular weight is 289 g/mol. The minimum Gasteiger partial charge on any atom is -0.314 e. The first kappa shape index (κ1) is 16.5. The van der Waals surface area contributed by atoms with Gasteiger partial charge in [-0.15, -0.1) is 0 Å². The zero-order chi connectivity index (χ0) is 15.2. The van der Waals surface area contributed by atoms with Crippen LogP contribution < -0.4 is 5.32 Å². The molecule has 0 aliphatic carbocycles. The summed E-state index contributed by atoms with van der Waals surface area (Å²) in [5.41, 5.74) is 2.89.